The minimum absolute atomic E-state index is 0.150. The van der Waals surface area contributed by atoms with Crippen LogP contribution in [0.5, 0.6) is 5.75 Å². The predicted molar refractivity (Wildman–Crippen MR) is 146 cm³/mol. The van der Waals surface area contributed by atoms with Gasteiger partial charge in [-0.1, -0.05) is 43.2 Å². The molecule has 2 aliphatic heterocycles. The van der Waals surface area contributed by atoms with Gasteiger partial charge in [0.05, 0.1) is 6.61 Å². The van der Waals surface area contributed by atoms with Crippen LogP contribution in [-0.4, -0.2) is 52.7 Å². The van der Waals surface area contributed by atoms with E-state index in [-0.39, 0.29) is 24.1 Å². The van der Waals surface area contributed by atoms with Crippen LogP contribution >= 0.6 is 11.3 Å². The second kappa shape index (κ2) is 12.2. The molecule has 0 radical (unpaired) electrons. The highest BCUT2D eigenvalue weighted by atomic mass is 32.1. The number of hydrogen-bond donors (Lipinski definition) is 2. The zero-order chi connectivity index (χ0) is 27.2. The van der Waals surface area contributed by atoms with Gasteiger partial charge in [0.2, 0.25) is 11.8 Å². The minimum atomic E-state index is -0.620. The Balaban J connectivity index is 0.984. The average Bonchev–Trinajstić information content (AvgIpc) is 3.56. The summed E-state index contributed by atoms with van der Waals surface area (Å²) < 4.78 is 5.89. The van der Waals surface area contributed by atoms with Gasteiger partial charge in [-0.2, -0.15) is 0 Å². The van der Waals surface area contributed by atoms with Gasteiger partial charge < -0.3 is 15.0 Å². The SMILES string of the molecule is O=C1CCC(N2Cc3cc(OCCCCCCNC(=O)c4csc(-c5ccccc5)n4)ccc3C2=O)C(=O)N1. The van der Waals surface area contributed by atoms with E-state index in [1.165, 1.54) is 16.2 Å². The Morgan fingerprint density at radius 2 is 1.90 bits per heavy atom. The van der Waals surface area contributed by atoms with E-state index < -0.39 is 11.9 Å². The molecule has 202 valence electrons. The number of piperidine rings is 1. The number of carbonyl (C=O) groups excluding carboxylic acids is 4. The Hall–Kier alpha value is -4.05. The van der Waals surface area contributed by atoms with Crippen LogP contribution in [-0.2, 0) is 16.1 Å². The maximum absolute atomic E-state index is 12.8. The summed E-state index contributed by atoms with van der Waals surface area (Å²) in [6.45, 7) is 1.48. The molecule has 2 aliphatic rings. The fraction of sp³-hybridized carbons (Fsp3) is 0.345. The van der Waals surface area contributed by atoms with E-state index in [4.69, 9.17) is 4.74 Å². The number of benzene rings is 2. The van der Waals surface area contributed by atoms with E-state index in [2.05, 4.69) is 15.6 Å². The lowest BCUT2D eigenvalue weighted by atomic mass is 10.0. The number of rotatable bonds is 11. The molecule has 5 rings (SSSR count). The summed E-state index contributed by atoms with van der Waals surface area (Å²) in [7, 11) is 0. The second-order valence-electron chi connectivity index (χ2n) is 9.64. The molecule has 1 saturated heterocycles. The van der Waals surface area contributed by atoms with Crippen molar-refractivity contribution in [3.63, 3.8) is 0 Å². The molecule has 3 heterocycles. The fourth-order valence-electron chi connectivity index (χ4n) is 4.80. The first kappa shape index (κ1) is 26.6. The van der Waals surface area contributed by atoms with Crippen molar-refractivity contribution in [1.29, 1.82) is 0 Å². The van der Waals surface area contributed by atoms with E-state index in [1.807, 2.05) is 36.4 Å². The first-order valence-electron chi connectivity index (χ1n) is 13.2. The van der Waals surface area contributed by atoms with Crippen molar-refractivity contribution in [2.45, 2.75) is 51.1 Å². The number of amides is 4. The number of imide groups is 1. The van der Waals surface area contributed by atoms with E-state index in [0.29, 0.717) is 43.1 Å². The number of nitrogens with zero attached hydrogens (tertiary/aromatic N) is 2. The second-order valence-corrected chi connectivity index (χ2v) is 10.5. The van der Waals surface area contributed by atoms with E-state index in [9.17, 15) is 19.2 Å². The number of nitrogens with one attached hydrogen (secondary N) is 2. The number of fused-ring (bicyclic) bond motifs is 1. The summed E-state index contributed by atoms with van der Waals surface area (Å²) in [5.41, 5.74) is 2.85. The van der Waals surface area contributed by atoms with Crippen molar-refractivity contribution in [2.24, 2.45) is 0 Å². The van der Waals surface area contributed by atoms with Crippen LogP contribution in [0.3, 0.4) is 0 Å². The van der Waals surface area contributed by atoms with Crippen LogP contribution in [0.4, 0.5) is 0 Å². The topological polar surface area (TPSA) is 118 Å². The van der Waals surface area contributed by atoms with Gasteiger partial charge >= 0.3 is 0 Å². The third-order valence-electron chi connectivity index (χ3n) is 6.88. The smallest absolute Gasteiger partial charge is 0.270 e. The summed E-state index contributed by atoms with van der Waals surface area (Å²) in [5.74, 6) is -0.359. The predicted octanol–water partition coefficient (Wildman–Crippen LogP) is 3.94. The third-order valence-corrected chi connectivity index (χ3v) is 7.77. The highest BCUT2D eigenvalue weighted by Gasteiger charge is 2.39. The highest BCUT2D eigenvalue weighted by Crippen LogP contribution is 2.30. The Bertz CT molecular complexity index is 1370. The van der Waals surface area contributed by atoms with E-state index in [0.717, 1.165) is 41.8 Å². The van der Waals surface area contributed by atoms with Crippen LogP contribution in [0.15, 0.2) is 53.9 Å². The van der Waals surface area contributed by atoms with E-state index in [1.54, 1.807) is 17.5 Å². The molecular formula is C29H30N4O5S. The van der Waals surface area contributed by atoms with Gasteiger partial charge in [-0.05, 0) is 43.0 Å². The van der Waals surface area contributed by atoms with Gasteiger partial charge in [0.25, 0.3) is 11.8 Å². The average molecular weight is 547 g/mol. The molecule has 10 heteroatoms. The molecule has 1 aromatic heterocycles. The van der Waals surface area contributed by atoms with Crippen molar-refractivity contribution in [3.05, 3.63) is 70.7 Å². The van der Waals surface area contributed by atoms with Crippen LogP contribution in [0.1, 0.15) is 64.9 Å². The van der Waals surface area contributed by atoms with Crippen molar-refractivity contribution in [2.75, 3.05) is 13.2 Å². The number of carbonyl (C=O) groups is 4. The highest BCUT2D eigenvalue weighted by molar-refractivity contribution is 7.13. The maximum atomic E-state index is 12.8. The number of ether oxygens (including phenoxy) is 1. The molecule has 2 N–H and O–H groups in total. The molecule has 1 fully saturated rings. The third kappa shape index (κ3) is 6.34. The summed E-state index contributed by atoms with van der Waals surface area (Å²) in [6.07, 6.45) is 4.26. The maximum Gasteiger partial charge on any atom is 0.270 e. The summed E-state index contributed by atoms with van der Waals surface area (Å²) in [4.78, 5) is 54.8. The monoisotopic (exact) mass is 546 g/mol. The number of thiazole rings is 1. The lowest BCUT2D eigenvalue weighted by Gasteiger charge is -2.29. The molecule has 0 bridgehead atoms. The Labute approximate surface area is 230 Å². The first-order valence-corrected chi connectivity index (χ1v) is 14.1. The zero-order valence-corrected chi connectivity index (χ0v) is 22.3. The van der Waals surface area contributed by atoms with Gasteiger partial charge in [0.15, 0.2) is 0 Å². The van der Waals surface area contributed by atoms with Crippen molar-refractivity contribution < 1.29 is 23.9 Å². The first-order chi connectivity index (χ1) is 19.0. The quantitative estimate of drug-likeness (QED) is 0.278. The molecule has 39 heavy (non-hydrogen) atoms. The summed E-state index contributed by atoms with van der Waals surface area (Å²) in [5, 5.41) is 7.88. The van der Waals surface area contributed by atoms with Crippen LogP contribution < -0.4 is 15.4 Å². The summed E-state index contributed by atoms with van der Waals surface area (Å²) >= 11 is 1.46. The Morgan fingerprint density at radius 3 is 2.72 bits per heavy atom. The lowest BCUT2D eigenvalue weighted by Crippen LogP contribution is -2.52. The van der Waals surface area contributed by atoms with Crippen LogP contribution in [0.2, 0.25) is 0 Å². The van der Waals surface area contributed by atoms with Crippen molar-refractivity contribution in [1.82, 2.24) is 20.5 Å². The zero-order valence-electron chi connectivity index (χ0n) is 21.5. The molecular weight excluding hydrogens is 516 g/mol. The van der Waals surface area contributed by atoms with Crippen molar-refractivity contribution in [3.8, 4) is 16.3 Å². The van der Waals surface area contributed by atoms with Gasteiger partial charge in [0, 0.05) is 36.0 Å². The van der Waals surface area contributed by atoms with Gasteiger partial charge in [-0.15, -0.1) is 11.3 Å². The summed E-state index contributed by atoms with van der Waals surface area (Å²) in [6, 6.07) is 14.6. The molecule has 0 spiro atoms. The van der Waals surface area contributed by atoms with Crippen LogP contribution in [0, 0.1) is 0 Å². The van der Waals surface area contributed by atoms with Gasteiger partial charge in [-0.25, -0.2) is 4.98 Å². The lowest BCUT2D eigenvalue weighted by molar-refractivity contribution is -0.136. The molecule has 0 saturated carbocycles. The van der Waals surface area contributed by atoms with Crippen LogP contribution in [0.25, 0.3) is 10.6 Å². The van der Waals surface area contributed by atoms with Gasteiger partial charge in [0.1, 0.15) is 22.5 Å². The largest absolute Gasteiger partial charge is 0.494 e. The molecule has 1 unspecified atom stereocenters. The minimum Gasteiger partial charge on any atom is -0.494 e. The molecule has 4 amide bonds. The van der Waals surface area contributed by atoms with E-state index >= 15 is 0 Å². The van der Waals surface area contributed by atoms with Crippen molar-refractivity contribution >= 4 is 35.0 Å². The molecule has 0 aliphatic carbocycles. The number of aromatic nitrogens is 1. The number of unbranched alkanes of at least 4 members (excludes halogenated alkanes) is 3. The Kier molecular flexibility index (Phi) is 8.31. The normalized spacial score (nSPS) is 16.7. The fourth-order valence-corrected chi connectivity index (χ4v) is 5.60. The van der Waals surface area contributed by atoms with Gasteiger partial charge in [-0.3, -0.25) is 24.5 Å². The number of hydrogen-bond acceptors (Lipinski definition) is 7. The molecule has 2 aromatic carbocycles. The Morgan fingerprint density at radius 1 is 1.08 bits per heavy atom. The molecule has 1 atom stereocenters. The standard InChI is InChI=1S/C29H30N4O5S/c34-25-13-12-24(27(36)32-25)33-17-20-16-21(10-11-22(20)29(33)37)38-15-7-2-1-6-14-30-26(35)23-18-39-28(31-23)19-8-4-3-5-9-19/h3-5,8-11,16,18,24H,1-2,6-7,12-15,17H2,(H,30,35)(H,32,34,36). The molecule has 9 nitrogen and oxygen atoms in total. The molecule has 3 aromatic rings.